The molecular formula is C55H40N4S. The van der Waals surface area contributed by atoms with Gasteiger partial charge in [0.05, 0.1) is 16.8 Å². The summed E-state index contributed by atoms with van der Waals surface area (Å²) in [5.74, 6) is 2.36. The van der Waals surface area contributed by atoms with E-state index in [1.165, 1.54) is 48.0 Å². The van der Waals surface area contributed by atoms with Gasteiger partial charge in [-0.15, -0.1) is 11.3 Å². The van der Waals surface area contributed by atoms with E-state index in [9.17, 15) is 0 Å². The van der Waals surface area contributed by atoms with E-state index in [1.54, 1.807) is 0 Å². The number of nitrogens with zero attached hydrogens (tertiary/aromatic N) is 4. The van der Waals surface area contributed by atoms with E-state index < -0.39 is 5.41 Å². The van der Waals surface area contributed by atoms with Gasteiger partial charge in [-0.1, -0.05) is 172 Å². The Morgan fingerprint density at radius 2 is 0.917 bits per heavy atom. The molecule has 0 unspecified atom stereocenters. The largest absolute Gasteiger partial charge is 0.310 e. The van der Waals surface area contributed by atoms with Crippen LogP contribution in [0.15, 0.2) is 200 Å². The van der Waals surface area contributed by atoms with Crippen molar-refractivity contribution in [1.29, 1.82) is 0 Å². The molecule has 0 aliphatic carbocycles. The Kier molecular flexibility index (Phi) is 8.72. The average Bonchev–Trinajstić information content (AvgIpc) is 3.71. The predicted octanol–water partition coefficient (Wildman–Crippen LogP) is 14.5. The van der Waals surface area contributed by atoms with Crippen LogP contribution in [0.3, 0.4) is 0 Å². The molecule has 0 fully saturated rings. The molecule has 0 bridgehead atoms. The van der Waals surface area contributed by atoms with Crippen LogP contribution in [-0.4, -0.2) is 15.0 Å². The zero-order chi connectivity index (χ0) is 40.2. The predicted molar refractivity (Wildman–Crippen MR) is 250 cm³/mol. The second kappa shape index (κ2) is 14.6. The molecule has 4 nitrogen and oxygen atoms in total. The second-order valence-corrected chi connectivity index (χ2v) is 16.8. The topological polar surface area (TPSA) is 41.9 Å². The number of anilines is 3. The van der Waals surface area contributed by atoms with Crippen LogP contribution in [0.25, 0.3) is 54.3 Å². The minimum atomic E-state index is -0.605. The molecule has 286 valence electrons. The first-order valence-electron chi connectivity index (χ1n) is 20.6. The minimum absolute atomic E-state index is 0.429. The highest BCUT2D eigenvalue weighted by molar-refractivity contribution is 7.26. The Balaban J connectivity index is 1.11. The summed E-state index contributed by atoms with van der Waals surface area (Å²) in [5, 5.41) is 2.59. The Hall–Kier alpha value is -7.21. The molecule has 3 heterocycles. The SMILES string of the molecule is CC(C)c1ccc(C2(c3cccc4c3sc3ccccc34)c3ccccc3N(c3ccc(-c4nc(-c5ccccc5)nc(-c5ccccc5)n4)cc3)c3ccccc32)cc1. The molecule has 1 aliphatic rings. The van der Waals surface area contributed by atoms with Gasteiger partial charge < -0.3 is 4.90 Å². The van der Waals surface area contributed by atoms with E-state index >= 15 is 0 Å². The summed E-state index contributed by atoms with van der Waals surface area (Å²) in [7, 11) is 0. The van der Waals surface area contributed by atoms with Gasteiger partial charge in [0.1, 0.15) is 0 Å². The van der Waals surface area contributed by atoms with Crippen LogP contribution in [0.4, 0.5) is 17.1 Å². The lowest BCUT2D eigenvalue weighted by Gasteiger charge is -2.46. The fourth-order valence-electron chi connectivity index (χ4n) is 9.14. The molecule has 0 saturated carbocycles. The van der Waals surface area contributed by atoms with Gasteiger partial charge in [0, 0.05) is 42.6 Å². The van der Waals surface area contributed by atoms with Gasteiger partial charge in [-0.3, -0.25) is 0 Å². The van der Waals surface area contributed by atoms with Crippen molar-refractivity contribution in [2.75, 3.05) is 4.90 Å². The van der Waals surface area contributed by atoms with Gasteiger partial charge >= 0.3 is 0 Å². The smallest absolute Gasteiger partial charge is 0.164 e. The zero-order valence-corrected chi connectivity index (χ0v) is 34.1. The number of rotatable bonds is 7. The van der Waals surface area contributed by atoms with Crippen LogP contribution < -0.4 is 4.90 Å². The minimum Gasteiger partial charge on any atom is -0.310 e. The molecule has 0 saturated heterocycles. The van der Waals surface area contributed by atoms with Gasteiger partial charge in [0.25, 0.3) is 0 Å². The molecule has 2 aromatic heterocycles. The molecule has 5 heteroatoms. The first-order valence-corrected chi connectivity index (χ1v) is 21.4. The number of fused-ring (bicyclic) bond motifs is 5. The molecule has 0 atom stereocenters. The molecule has 0 spiro atoms. The third-order valence-electron chi connectivity index (χ3n) is 12.0. The van der Waals surface area contributed by atoms with Crippen LogP contribution in [-0.2, 0) is 5.41 Å². The normalized spacial score (nSPS) is 13.1. The van der Waals surface area contributed by atoms with Crippen LogP contribution in [0.2, 0.25) is 0 Å². The fraction of sp³-hybridized carbons (Fsp3) is 0.0727. The van der Waals surface area contributed by atoms with Crippen molar-refractivity contribution in [3.8, 4) is 34.2 Å². The van der Waals surface area contributed by atoms with Crippen molar-refractivity contribution in [2.45, 2.75) is 25.2 Å². The highest BCUT2D eigenvalue weighted by Gasteiger charge is 2.47. The summed E-state index contributed by atoms with van der Waals surface area (Å²) in [6, 6.07) is 72.1. The number of hydrogen-bond donors (Lipinski definition) is 0. The van der Waals surface area contributed by atoms with E-state index in [1.807, 2.05) is 72.0 Å². The van der Waals surface area contributed by atoms with Crippen LogP contribution in [0.5, 0.6) is 0 Å². The van der Waals surface area contributed by atoms with Gasteiger partial charge in [-0.05, 0) is 76.2 Å². The molecule has 1 aliphatic heterocycles. The zero-order valence-electron chi connectivity index (χ0n) is 33.3. The second-order valence-electron chi connectivity index (χ2n) is 15.8. The van der Waals surface area contributed by atoms with Crippen LogP contribution in [0.1, 0.15) is 47.6 Å². The summed E-state index contributed by atoms with van der Waals surface area (Å²) in [6.45, 7) is 4.53. The van der Waals surface area contributed by atoms with Gasteiger partial charge in [-0.2, -0.15) is 0 Å². The van der Waals surface area contributed by atoms with E-state index in [4.69, 9.17) is 15.0 Å². The molecule has 0 N–H and O–H groups in total. The summed E-state index contributed by atoms with van der Waals surface area (Å²) in [6.07, 6.45) is 0. The van der Waals surface area contributed by atoms with E-state index in [2.05, 4.69) is 158 Å². The highest BCUT2D eigenvalue weighted by Crippen LogP contribution is 2.59. The first-order chi connectivity index (χ1) is 29.6. The average molecular weight is 789 g/mol. The standard InChI is InChI=1S/C55H40N4S/c1-36(2)37-28-32-41(33-29-37)55(47-24-15-21-44-43-20-9-14-27-50(43)60-51(44)47)45-22-10-12-25-48(45)59(49-26-13-11-23-46(49)55)42-34-30-40(31-35-42)54-57-52(38-16-5-3-6-17-38)56-53(58-54)39-18-7-4-8-19-39/h3-36H,1-2H3. The summed E-state index contributed by atoms with van der Waals surface area (Å²) in [5.41, 5.74) is 11.9. The van der Waals surface area contributed by atoms with Crippen molar-refractivity contribution < 1.29 is 0 Å². The van der Waals surface area contributed by atoms with Crippen molar-refractivity contribution >= 4 is 48.6 Å². The Morgan fingerprint density at radius 1 is 0.433 bits per heavy atom. The maximum Gasteiger partial charge on any atom is 0.164 e. The first kappa shape index (κ1) is 35.9. The highest BCUT2D eigenvalue weighted by atomic mass is 32.1. The van der Waals surface area contributed by atoms with E-state index in [-0.39, 0.29) is 0 Å². The lowest BCUT2D eigenvalue weighted by atomic mass is 9.62. The number of aromatic nitrogens is 3. The van der Waals surface area contributed by atoms with Crippen molar-refractivity contribution in [2.24, 2.45) is 0 Å². The number of para-hydroxylation sites is 2. The lowest BCUT2D eigenvalue weighted by Crippen LogP contribution is -2.37. The Labute approximate surface area is 354 Å². The van der Waals surface area contributed by atoms with E-state index in [0.717, 1.165) is 33.8 Å². The number of benzene rings is 8. The molecule has 11 rings (SSSR count). The van der Waals surface area contributed by atoms with Crippen molar-refractivity contribution in [3.63, 3.8) is 0 Å². The number of hydrogen-bond acceptors (Lipinski definition) is 5. The Bertz CT molecular complexity index is 3070. The van der Waals surface area contributed by atoms with Crippen molar-refractivity contribution in [1.82, 2.24) is 15.0 Å². The Morgan fingerprint density at radius 3 is 1.50 bits per heavy atom. The number of thiophene rings is 1. The molecule has 8 aromatic carbocycles. The molecule has 60 heavy (non-hydrogen) atoms. The molecular weight excluding hydrogens is 749 g/mol. The molecule has 0 radical (unpaired) electrons. The van der Waals surface area contributed by atoms with Gasteiger partial charge in [0.2, 0.25) is 0 Å². The quantitative estimate of drug-likeness (QED) is 0.161. The molecule has 10 aromatic rings. The fourth-order valence-corrected chi connectivity index (χ4v) is 10.4. The van der Waals surface area contributed by atoms with Gasteiger partial charge in [0.15, 0.2) is 17.5 Å². The maximum absolute atomic E-state index is 5.02. The summed E-state index contributed by atoms with van der Waals surface area (Å²) in [4.78, 5) is 17.4. The van der Waals surface area contributed by atoms with Gasteiger partial charge in [-0.25, -0.2) is 15.0 Å². The van der Waals surface area contributed by atoms with Crippen molar-refractivity contribution in [3.05, 3.63) is 228 Å². The van der Waals surface area contributed by atoms with E-state index in [0.29, 0.717) is 23.4 Å². The lowest BCUT2D eigenvalue weighted by molar-refractivity contribution is 0.737. The third-order valence-corrected chi connectivity index (χ3v) is 13.2. The summed E-state index contributed by atoms with van der Waals surface area (Å²) >= 11 is 1.90. The molecule has 0 amide bonds. The van der Waals surface area contributed by atoms with Crippen LogP contribution in [0, 0.1) is 0 Å². The maximum atomic E-state index is 5.02. The van der Waals surface area contributed by atoms with Crippen LogP contribution >= 0.6 is 11.3 Å². The summed E-state index contributed by atoms with van der Waals surface area (Å²) < 4.78 is 2.62. The third kappa shape index (κ3) is 5.76. The monoisotopic (exact) mass is 788 g/mol.